The molecular formula is C24H29F4NO2. The minimum Gasteiger partial charge on any atom is -0.489 e. The summed E-state index contributed by atoms with van der Waals surface area (Å²) in [6, 6.07) is 6.55. The molecule has 2 aromatic rings. The molecule has 0 bridgehead atoms. The SMILES string of the molecule is Fc1ccc(F)c(OCCN(CCOc2cc(F)ccc2F)C2CCCCCCC2)c1. The van der Waals surface area contributed by atoms with E-state index in [0.29, 0.717) is 19.1 Å². The van der Waals surface area contributed by atoms with Crippen LogP contribution in [0.25, 0.3) is 0 Å². The van der Waals surface area contributed by atoms with Crippen LogP contribution < -0.4 is 9.47 Å². The van der Waals surface area contributed by atoms with Gasteiger partial charge in [-0.3, -0.25) is 4.90 Å². The summed E-state index contributed by atoms with van der Waals surface area (Å²) >= 11 is 0. The molecule has 0 aromatic heterocycles. The number of hydrogen-bond donors (Lipinski definition) is 0. The number of nitrogens with zero attached hydrogens (tertiary/aromatic N) is 1. The van der Waals surface area contributed by atoms with Crippen molar-refractivity contribution in [2.24, 2.45) is 0 Å². The highest BCUT2D eigenvalue weighted by Gasteiger charge is 2.20. The third kappa shape index (κ3) is 7.42. The van der Waals surface area contributed by atoms with E-state index in [4.69, 9.17) is 9.47 Å². The first kappa shape index (κ1) is 23.4. The van der Waals surface area contributed by atoms with Crippen molar-refractivity contribution in [3.63, 3.8) is 0 Å². The quantitative estimate of drug-likeness (QED) is 0.440. The van der Waals surface area contributed by atoms with Gasteiger partial charge < -0.3 is 9.47 Å². The molecule has 0 saturated heterocycles. The van der Waals surface area contributed by atoms with Crippen LogP contribution in [-0.2, 0) is 0 Å². The second kappa shape index (κ2) is 11.9. The number of hydrogen-bond acceptors (Lipinski definition) is 3. The Kier molecular flexibility index (Phi) is 9.00. The third-order valence-electron chi connectivity index (χ3n) is 5.65. The van der Waals surface area contributed by atoms with Crippen LogP contribution in [0.1, 0.15) is 44.9 Å². The normalized spacial score (nSPS) is 15.5. The molecule has 0 atom stereocenters. The van der Waals surface area contributed by atoms with E-state index < -0.39 is 23.3 Å². The zero-order chi connectivity index (χ0) is 22.1. The summed E-state index contributed by atoms with van der Waals surface area (Å²) in [5.41, 5.74) is 0. The lowest BCUT2D eigenvalue weighted by atomic mass is 9.95. The molecule has 31 heavy (non-hydrogen) atoms. The van der Waals surface area contributed by atoms with Crippen LogP contribution in [-0.4, -0.2) is 37.2 Å². The van der Waals surface area contributed by atoms with E-state index in [0.717, 1.165) is 62.1 Å². The van der Waals surface area contributed by atoms with Crippen molar-refractivity contribution in [3.8, 4) is 11.5 Å². The van der Waals surface area contributed by atoms with Crippen LogP contribution in [0.3, 0.4) is 0 Å². The molecule has 3 rings (SSSR count). The standard InChI is InChI=1S/C24H29F4NO2/c25-18-8-10-21(27)23(16-18)30-14-12-29(20-6-4-2-1-3-5-7-20)13-15-31-24-17-19(26)9-11-22(24)28/h8-11,16-17,20H,1-7,12-15H2. The lowest BCUT2D eigenvalue weighted by Crippen LogP contribution is -2.41. The minimum absolute atomic E-state index is 0.115. The summed E-state index contributed by atoms with van der Waals surface area (Å²) in [5.74, 6) is -2.56. The Morgan fingerprint density at radius 1 is 0.677 bits per heavy atom. The van der Waals surface area contributed by atoms with Gasteiger partial charge in [-0.05, 0) is 37.1 Å². The average molecular weight is 439 g/mol. The maximum atomic E-state index is 13.8. The molecule has 0 unspecified atom stereocenters. The summed E-state index contributed by atoms with van der Waals surface area (Å²) in [4.78, 5) is 2.19. The van der Waals surface area contributed by atoms with Crippen molar-refractivity contribution in [1.29, 1.82) is 0 Å². The zero-order valence-corrected chi connectivity index (χ0v) is 17.6. The van der Waals surface area contributed by atoms with Crippen molar-refractivity contribution in [1.82, 2.24) is 4.90 Å². The third-order valence-corrected chi connectivity index (χ3v) is 5.65. The molecule has 0 N–H and O–H groups in total. The summed E-state index contributed by atoms with van der Waals surface area (Å²) in [6.07, 6.45) is 7.95. The smallest absolute Gasteiger partial charge is 0.165 e. The van der Waals surface area contributed by atoms with E-state index in [1.54, 1.807) is 0 Å². The number of benzene rings is 2. The first-order chi connectivity index (χ1) is 15.0. The van der Waals surface area contributed by atoms with Crippen LogP contribution in [0.2, 0.25) is 0 Å². The maximum absolute atomic E-state index is 13.8. The summed E-state index contributed by atoms with van der Waals surface area (Å²) < 4.78 is 65.3. The lowest BCUT2D eigenvalue weighted by molar-refractivity contribution is 0.115. The van der Waals surface area contributed by atoms with E-state index in [-0.39, 0.29) is 24.7 Å². The predicted octanol–water partition coefficient (Wildman–Crippen LogP) is 6.12. The van der Waals surface area contributed by atoms with Gasteiger partial charge in [-0.2, -0.15) is 0 Å². The Balaban J connectivity index is 1.59. The van der Waals surface area contributed by atoms with E-state index >= 15 is 0 Å². The molecule has 3 nitrogen and oxygen atoms in total. The molecule has 1 saturated carbocycles. The van der Waals surface area contributed by atoms with Crippen molar-refractivity contribution >= 4 is 0 Å². The molecule has 0 heterocycles. The second-order valence-corrected chi connectivity index (χ2v) is 7.88. The van der Waals surface area contributed by atoms with E-state index in [1.807, 2.05) is 0 Å². The Hall–Kier alpha value is -2.28. The predicted molar refractivity (Wildman–Crippen MR) is 111 cm³/mol. The molecule has 0 radical (unpaired) electrons. The highest BCUT2D eigenvalue weighted by atomic mass is 19.1. The van der Waals surface area contributed by atoms with Gasteiger partial charge in [-0.1, -0.05) is 32.1 Å². The van der Waals surface area contributed by atoms with Crippen molar-refractivity contribution in [2.45, 2.75) is 51.0 Å². The molecular weight excluding hydrogens is 410 g/mol. The summed E-state index contributed by atoms with van der Waals surface area (Å²) in [5, 5.41) is 0. The number of halogens is 4. The van der Waals surface area contributed by atoms with Gasteiger partial charge in [0.15, 0.2) is 23.1 Å². The van der Waals surface area contributed by atoms with Gasteiger partial charge in [0.05, 0.1) is 0 Å². The van der Waals surface area contributed by atoms with Gasteiger partial charge in [-0.15, -0.1) is 0 Å². The molecule has 0 spiro atoms. The molecule has 2 aromatic carbocycles. The fraction of sp³-hybridized carbons (Fsp3) is 0.500. The van der Waals surface area contributed by atoms with Crippen LogP contribution >= 0.6 is 0 Å². The molecule has 0 aliphatic heterocycles. The molecule has 170 valence electrons. The van der Waals surface area contributed by atoms with Gasteiger partial charge in [0.1, 0.15) is 24.8 Å². The molecule has 1 fully saturated rings. The number of ether oxygens (including phenoxy) is 2. The van der Waals surface area contributed by atoms with Gasteiger partial charge in [0.25, 0.3) is 0 Å². The monoisotopic (exact) mass is 439 g/mol. The molecule has 1 aliphatic carbocycles. The Morgan fingerprint density at radius 3 is 1.61 bits per heavy atom. The van der Waals surface area contributed by atoms with Crippen LogP contribution in [0.4, 0.5) is 17.6 Å². The van der Waals surface area contributed by atoms with E-state index in [9.17, 15) is 17.6 Å². The van der Waals surface area contributed by atoms with Crippen LogP contribution in [0.15, 0.2) is 36.4 Å². The maximum Gasteiger partial charge on any atom is 0.165 e. The highest BCUT2D eigenvalue weighted by molar-refractivity contribution is 5.25. The van der Waals surface area contributed by atoms with Gasteiger partial charge in [0, 0.05) is 31.3 Å². The first-order valence-corrected chi connectivity index (χ1v) is 10.9. The van der Waals surface area contributed by atoms with Gasteiger partial charge in [0.2, 0.25) is 0 Å². The Bertz CT molecular complexity index is 768. The van der Waals surface area contributed by atoms with Crippen LogP contribution in [0, 0.1) is 23.3 Å². The summed E-state index contributed by atoms with van der Waals surface area (Å²) in [6.45, 7) is 1.36. The molecule has 0 amide bonds. The Morgan fingerprint density at radius 2 is 1.13 bits per heavy atom. The second-order valence-electron chi connectivity index (χ2n) is 7.88. The van der Waals surface area contributed by atoms with Crippen molar-refractivity contribution < 1.29 is 27.0 Å². The topological polar surface area (TPSA) is 21.7 Å². The number of rotatable bonds is 9. The fourth-order valence-corrected chi connectivity index (χ4v) is 4.00. The largest absolute Gasteiger partial charge is 0.489 e. The summed E-state index contributed by atoms with van der Waals surface area (Å²) in [7, 11) is 0. The van der Waals surface area contributed by atoms with Crippen LogP contribution in [0.5, 0.6) is 11.5 Å². The molecule has 1 aliphatic rings. The average Bonchev–Trinajstić information content (AvgIpc) is 2.72. The van der Waals surface area contributed by atoms with Crippen molar-refractivity contribution in [3.05, 3.63) is 59.7 Å². The molecule has 7 heteroatoms. The minimum atomic E-state index is -0.608. The van der Waals surface area contributed by atoms with E-state index in [1.165, 1.54) is 19.3 Å². The first-order valence-electron chi connectivity index (χ1n) is 10.9. The zero-order valence-electron chi connectivity index (χ0n) is 17.6. The highest BCUT2D eigenvalue weighted by Crippen LogP contribution is 2.23. The van der Waals surface area contributed by atoms with Gasteiger partial charge >= 0.3 is 0 Å². The van der Waals surface area contributed by atoms with Crippen molar-refractivity contribution in [2.75, 3.05) is 26.3 Å². The van der Waals surface area contributed by atoms with E-state index in [2.05, 4.69) is 4.90 Å². The lowest BCUT2D eigenvalue weighted by Gasteiger charge is -2.33. The fourth-order valence-electron chi connectivity index (χ4n) is 4.00. The van der Waals surface area contributed by atoms with Gasteiger partial charge in [-0.25, -0.2) is 17.6 Å². The Labute approximate surface area is 181 Å².